The van der Waals surface area contributed by atoms with Crippen molar-refractivity contribution in [3.05, 3.63) is 65.1 Å². The van der Waals surface area contributed by atoms with Gasteiger partial charge in [-0.25, -0.2) is 9.67 Å². The number of unbranched alkanes of at least 4 members (excludes halogenated alkanes) is 1. The van der Waals surface area contributed by atoms with E-state index in [9.17, 15) is 0 Å². The molecule has 1 aliphatic rings. The average Bonchev–Trinajstić information content (AvgIpc) is 3.49. The number of nitrogens with zero attached hydrogens (tertiary/aromatic N) is 7. The first-order chi connectivity index (χ1) is 15.2. The molecule has 0 aliphatic carbocycles. The molecule has 0 fully saturated rings. The van der Waals surface area contributed by atoms with Gasteiger partial charge in [0, 0.05) is 37.7 Å². The van der Waals surface area contributed by atoms with Crippen LogP contribution in [0, 0.1) is 0 Å². The van der Waals surface area contributed by atoms with Gasteiger partial charge >= 0.3 is 0 Å². The lowest BCUT2D eigenvalue weighted by atomic mass is 9.76. The van der Waals surface area contributed by atoms with Gasteiger partial charge in [0.1, 0.15) is 5.82 Å². The number of tetrazole rings is 1. The number of aliphatic imine (C=N–C) groups is 1. The molecule has 8 heteroatoms. The molecular weight excluding hydrogens is 388 g/mol. The summed E-state index contributed by atoms with van der Waals surface area (Å²) >= 11 is 0. The highest BCUT2D eigenvalue weighted by atomic mass is 15.5. The summed E-state index contributed by atoms with van der Waals surface area (Å²) in [4.78, 5) is 9.12. The molecule has 3 heterocycles. The minimum atomic E-state index is -0.446. The third-order valence-corrected chi connectivity index (χ3v) is 6.08. The maximum Gasteiger partial charge on any atom is 0.189 e. The molecule has 0 spiro atoms. The van der Waals surface area contributed by atoms with Crippen LogP contribution in [0.5, 0.6) is 0 Å². The SMILES string of the molecule is CCCCn1nc(C(C)CC)nc1Cc1ccc(C2(c3nn[nH]n3)C=CN=CC2)cc1. The third kappa shape index (κ3) is 4.33. The average molecular weight is 419 g/mol. The summed E-state index contributed by atoms with van der Waals surface area (Å²) in [5, 5.41) is 19.7. The minimum Gasteiger partial charge on any atom is -0.269 e. The van der Waals surface area contributed by atoms with Gasteiger partial charge in [0.25, 0.3) is 0 Å². The molecule has 4 rings (SSSR count). The number of H-pyrrole nitrogens is 1. The van der Waals surface area contributed by atoms with E-state index in [1.165, 1.54) is 5.56 Å². The normalized spacial score (nSPS) is 19.1. The molecule has 0 saturated heterocycles. The predicted octanol–water partition coefficient (Wildman–Crippen LogP) is 3.97. The van der Waals surface area contributed by atoms with Crippen molar-refractivity contribution in [2.75, 3.05) is 0 Å². The smallest absolute Gasteiger partial charge is 0.189 e. The molecule has 2 aromatic heterocycles. The first-order valence-corrected chi connectivity index (χ1v) is 11.1. The Labute approximate surface area is 182 Å². The van der Waals surface area contributed by atoms with Crippen molar-refractivity contribution in [3.8, 4) is 0 Å². The number of allylic oxidation sites excluding steroid dienone is 1. The van der Waals surface area contributed by atoms with Crippen LogP contribution < -0.4 is 0 Å². The minimum absolute atomic E-state index is 0.374. The molecule has 162 valence electrons. The van der Waals surface area contributed by atoms with E-state index in [0.29, 0.717) is 18.2 Å². The van der Waals surface area contributed by atoms with E-state index in [1.54, 1.807) is 6.20 Å². The molecule has 31 heavy (non-hydrogen) atoms. The van der Waals surface area contributed by atoms with Gasteiger partial charge in [0.05, 0.1) is 5.41 Å². The van der Waals surface area contributed by atoms with Gasteiger partial charge in [0.15, 0.2) is 11.6 Å². The predicted molar refractivity (Wildman–Crippen MR) is 120 cm³/mol. The van der Waals surface area contributed by atoms with Gasteiger partial charge in [-0.1, -0.05) is 56.7 Å². The van der Waals surface area contributed by atoms with Crippen LogP contribution in [0.2, 0.25) is 0 Å². The Morgan fingerprint density at radius 1 is 1.19 bits per heavy atom. The van der Waals surface area contributed by atoms with E-state index in [2.05, 4.69) is 75.3 Å². The highest BCUT2D eigenvalue weighted by Crippen LogP contribution is 2.36. The largest absolute Gasteiger partial charge is 0.269 e. The Hall–Kier alpha value is -3.16. The van der Waals surface area contributed by atoms with Crippen molar-refractivity contribution in [3.63, 3.8) is 0 Å². The Morgan fingerprint density at radius 3 is 2.68 bits per heavy atom. The van der Waals surface area contributed by atoms with Crippen LogP contribution in [0.1, 0.15) is 81.0 Å². The van der Waals surface area contributed by atoms with Crippen molar-refractivity contribution in [1.82, 2.24) is 35.4 Å². The summed E-state index contributed by atoms with van der Waals surface area (Å²) in [6.07, 6.45) is 10.5. The number of aryl methyl sites for hydroxylation is 1. The maximum atomic E-state index is 4.89. The lowest BCUT2D eigenvalue weighted by Crippen LogP contribution is -2.29. The number of rotatable bonds is 9. The molecular formula is C23H30N8. The van der Waals surface area contributed by atoms with Gasteiger partial charge in [-0.05, 0) is 30.0 Å². The van der Waals surface area contributed by atoms with Crippen molar-refractivity contribution in [2.45, 2.75) is 70.8 Å². The highest BCUT2D eigenvalue weighted by Gasteiger charge is 2.36. The van der Waals surface area contributed by atoms with E-state index < -0.39 is 5.41 Å². The molecule has 0 amide bonds. The van der Waals surface area contributed by atoms with Crippen LogP contribution in [0.4, 0.5) is 0 Å². The van der Waals surface area contributed by atoms with Crippen molar-refractivity contribution in [2.24, 2.45) is 4.99 Å². The van der Waals surface area contributed by atoms with Crippen molar-refractivity contribution < 1.29 is 0 Å². The lowest BCUT2D eigenvalue weighted by molar-refractivity contribution is 0.539. The molecule has 2 unspecified atom stereocenters. The van der Waals surface area contributed by atoms with Crippen LogP contribution >= 0.6 is 0 Å². The van der Waals surface area contributed by atoms with Gasteiger partial charge in [-0.3, -0.25) is 4.99 Å². The van der Waals surface area contributed by atoms with E-state index in [1.807, 2.05) is 12.3 Å². The van der Waals surface area contributed by atoms with Crippen LogP contribution in [-0.2, 0) is 18.4 Å². The molecule has 2 atom stereocenters. The summed E-state index contributed by atoms with van der Waals surface area (Å²) in [6.45, 7) is 7.49. The van der Waals surface area contributed by atoms with Gasteiger partial charge in [0.2, 0.25) is 0 Å². The molecule has 8 nitrogen and oxygen atoms in total. The van der Waals surface area contributed by atoms with Gasteiger partial charge in [-0.15, -0.1) is 10.2 Å². The van der Waals surface area contributed by atoms with Gasteiger partial charge in [-0.2, -0.15) is 10.3 Å². The zero-order valence-electron chi connectivity index (χ0n) is 18.5. The first-order valence-electron chi connectivity index (χ1n) is 11.1. The highest BCUT2D eigenvalue weighted by molar-refractivity contribution is 5.66. The number of hydrogen-bond acceptors (Lipinski definition) is 6. The molecule has 0 bridgehead atoms. The third-order valence-electron chi connectivity index (χ3n) is 6.08. The van der Waals surface area contributed by atoms with Crippen LogP contribution in [0.25, 0.3) is 0 Å². The van der Waals surface area contributed by atoms with Crippen LogP contribution in [0.3, 0.4) is 0 Å². The molecule has 1 aliphatic heterocycles. The van der Waals surface area contributed by atoms with Crippen LogP contribution in [-0.4, -0.2) is 41.6 Å². The summed E-state index contributed by atoms with van der Waals surface area (Å²) in [6, 6.07) is 8.63. The molecule has 1 N–H and O–H groups in total. The van der Waals surface area contributed by atoms with Gasteiger partial charge < -0.3 is 0 Å². The fourth-order valence-corrected chi connectivity index (χ4v) is 3.86. The number of aromatic nitrogens is 7. The van der Waals surface area contributed by atoms with Crippen molar-refractivity contribution >= 4 is 6.21 Å². The molecule has 1 aromatic carbocycles. The summed E-state index contributed by atoms with van der Waals surface area (Å²) in [5.74, 6) is 3.01. The number of nitrogens with one attached hydrogen (secondary N) is 1. The van der Waals surface area contributed by atoms with E-state index in [4.69, 9.17) is 10.1 Å². The zero-order chi connectivity index (χ0) is 21.7. The topological polar surface area (TPSA) is 97.5 Å². The Balaban J connectivity index is 1.60. The molecule has 3 aromatic rings. The van der Waals surface area contributed by atoms with E-state index in [0.717, 1.165) is 49.4 Å². The summed E-state index contributed by atoms with van der Waals surface area (Å²) < 4.78 is 2.10. The number of benzene rings is 1. The van der Waals surface area contributed by atoms with E-state index >= 15 is 0 Å². The molecule has 0 saturated carbocycles. The standard InChI is InChI=1S/C23H30N8/c1-4-6-15-31-20(25-21(28-31)17(3)5-2)16-18-7-9-19(10-8-18)23(11-13-24-14-12-23)22-26-29-30-27-22/h7-11,13-14,17H,4-6,12,15-16H2,1-3H3,(H,26,27,29,30). The van der Waals surface area contributed by atoms with Crippen LogP contribution in [0.15, 0.2) is 41.5 Å². The summed E-state index contributed by atoms with van der Waals surface area (Å²) in [7, 11) is 0. The second-order valence-electron chi connectivity index (χ2n) is 8.20. The quantitative estimate of drug-likeness (QED) is 0.567. The van der Waals surface area contributed by atoms with E-state index in [-0.39, 0.29) is 0 Å². The number of hydrogen-bond donors (Lipinski definition) is 1. The maximum absolute atomic E-state index is 4.89. The Kier molecular flexibility index (Phi) is 6.34. The fourth-order valence-electron chi connectivity index (χ4n) is 3.86. The second kappa shape index (κ2) is 9.32. The molecule has 0 radical (unpaired) electrons. The van der Waals surface area contributed by atoms with Crippen molar-refractivity contribution in [1.29, 1.82) is 0 Å². The fraction of sp³-hybridized carbons (Fsp3) is 0.478. The zero-order valence-corrected chi connectivity index (χ0v) is 18.5. The number of aromatic amines is 1. The second-order valence-corrected chi connectivity index (χ2v) is 8.20. The lowest BCUT2D eigenvalue weighted by Gasteiger charge is -2.28. The summed E-state index contributed by atoms with van der Waals surface area (Å²) in [5.41, 5.74) is 1.88. The Morgan fingerprint density at radius 2 is 2.03 bits per heavy atom. The Bertz CT molecular complexity index is 1030. The first kappa shape index (κ1) is 21.1. The monoisotopic (exact) mass is 418 g/mol.